The molecule has 0 fully saturated rings. The van der Waals surface area contributed by atoms with Crippen molar-refractivity contribution in [2.45, 2.75) is 45.2 Å². The van der Waals surface area contributed by atoms with Crippen LogP contribution in [0.25, 0.3) is 0 Å². The van der Waals surface area contributed by atoms with Crippen molar-refractivity contribution in [1.82, 2.24) is 5.32 Å². The van der Waals surface area contributed by atoms with E-state index < -0.39 is 0 Å². The fourth-order valence-corrected chi connectivity index (χ4v) is 3.19. The summed E-state index contributed by atoms with van der Waals surface area (Å²) in [6, 6.07) is 16.5. The molecule has 0 bridgehead atoms. The van der Waals surface area contributed by atoms with Crippen LogP contribution in [-0.2, 0) is 11.2 Å². The Kier molecular flexibility index (Phi) is 4.77. The predicted octanol–water partition coefficient (Wildman–Crippen LogP) is 3.99. The average Bonchev–Trinajstić information content (AvgIpc) is 2.57. The number of carbonyl (C=O) groups is 1. The number of nitrogens with one attached hydrogen (secondary N) is 2. The van der Waals surface area contributed by atoms with Gasteiger partial charge < -0.3 is 5.32 Å². The lowest BCUT2D eigenvalue weighted by atomic mass is 9.87. The van der Waals surface area contributed by atoms with Gasteiger partial charge >= 0.3 is 0 Å². The highest BCUT2D eigenvalue weighted by Crippen LogP contribution is 2.29. The number of aryl methyl sites for hydroxylation is 2. The second kappa shape index (κ2) is 6.97. The van der Waals surface area contributed by atoms with Crippen LogP contribution in [0.15, 0.2) is 48.5 Å². The first-order valence-corrected chi connectivity index (χ1v) is 8.35. The van der Waals surface area contributed by atoms with Crippen LogP contribution in [0.1, 0.15) is 42.5 Å². The molecule has 2 aromatic rings. The molecule has 1 amide bonds. The van der Waals surface area contributed by atoms with Crippen LogP contribution < -0.4 is 10.6 Å². The van der Waals surface area contributed by atoms with Gasteiger partial charge in [0.05, 0.1) is 6.04 Å². The van der Waals surface area contributed by atoms with Crippen LogP contribution in [0.2, 0.25) is 0 Å². The van der Waals surface area contributed by atoms with E-state index in [2.05, 4.69) is 34.9 Å². The van der Waals surface area contributed by atoms with E-state index in [9.17, 15) is 4.79 Å². The van der Waals surface area contributed by atoms with Gasteiger partial charge in [0, 0.05) is 11.7 Å². The summed E-state index contributed by atoms with van der Waals surface area (Å²) in [4.78, 5) is 12.4. The van der Waals surface area contributed by atoms with Crippen molar-refractivity contribution < 1.29 is 4.79 Å². The SMILES string of the molecule is Cc1ccc(NC(=O)[C@H](C)N[C@@H]2CCCc3ccccc32)cc1. The van der Waals surface area contributed by atoms with Gasteiger partial charge in [0.25, 0.3) is 0 Å². The van der Waals surface area contributed by atoms with E-state index in [-0.39, 0.29) is 18.0 Å². The van der Waals surface area contributed by atoms with E-state index >= 15 is 0 Å². The normalized spacial score (nSPS) is 18.1. The number of fused-ring (bicyclic) bond motifs is 1. The standard InChI is InChI=1S/C20H24N2O/c1-14-10-12-17(13-11-14)22-20(23)15(2)21-19-9-5-7-16-6-3-4-8-18(16)19/h3-4,6,8,10-13,15,19,21H,5,7,9H2,1-2H3,(H,22,23)/t15-,19+/m0/s1. The van der Waals surface area contributed by atoms with Gasteiger partial charge in [0.15, 0.2) is 0 Å². The molecule has 0 heterocycles. The molecule has 0 aliphatic heterocycles. The molecular weight excluding hydrogens is 284 g/mol. The molecule has 0 saturated carbocycles. The average molecular weight is 308 g/mol. The molecule has 2 N–H and O–H groups in total. The smallest absolute Gasteiger partial charge is 0.241 e. The topological polar surface area (TPSA) is 41.1 Å². The molecule has 23 heavy (non-hydrogen) atoms. The zero-order valence-electron chi connectivity index (χ0n) is 13.8. The molecule has 0 aromatic heterocycles. The molecule has 0 radical (unpaired) electrons. The first-order valence-electron chi connectivity index (χ1n) is 8.35. The largest absolute Gasteiger partial charge is 0.325 e. The number of rotatable bonds is 4. The van der Waals surface area contributed by atoms with Gasteiger partial charge in [-0.2, -0.15) is 0 Å². The summed E-state index contributed by atoms with van der Waals surface area (Å²) in [5, 5.41) is 6.48. The van der Waals surface area contributed by atoms with Gasteiger partial charge in [-0.15, -0.1) is 0 Å². The number of carbonyl (C=O) groups excluding carboxylic acids is 1. The molecule has 1 aliphatic carbocycles. The summed E-state index contributed by atoms with van der Waals surface area (Å²) in [7, 11) is 0. The maximum Gasteiger partial charge on any atom is 0.241 e. The van der Waals surface area contributed by atoms with Gasteiger partial charge in [-0.25, -0.2) is 0 Å². The minimum absolute atomic E-state index is 0.0110. The molecule has 2 atom stereocenters. The minimum atomic E-state index is -0.229. The molecule has 0 spiro atoms. The summed E-state index contributed by atoms with van der Waals surface area (Å²) >= 11 is 0. The van der Waals surface area contributed by atoms with Crippen molar-refractivity contribution >= 4 is 11.6 Å². The highest BCUT2D eigenvalue weighted by Gasteiger charge is 2.23. The van der Waals surface area contributed by atoms with Crippen LogP contribution in [0.5, 0.6) is 0 Å². The first kappa shape index (κ1) is 15.8. The highest BCUT2D eigenvalue weighted by molar-refractivity contribution is 5.94. The van der Waals surface area contributed by atoms with E-state index in [1.807, 2.05) is 38.1 Å². The molecule has 3 heteroatoms. The lowest BCUT2D eigenvalue weighted by Crippen LogP contribution is -2.41. The van der Waals surface area contributed by atoms with Crippen molar-refractivity contribution in [2.24, 2.45) is 0 Å². The second-order valence-electron chi connectivity index (χ2n) is 6.39. The van der Waals surface area contributed by atoms with Crippen molar-refractivity contribution in [3.63, 3.8) is 0 Å². The molecule has 1 aliphatic rings. The summed E-state index contributed by atoms with van der Waals surface area (Å²) in [6.45, 7) is 3.97. The maximum atomic E-state index is 12.4. The molecule has 0 saturated heterocycles. The van der Waals surface area contributed by atoms with Gasteiger partial charge in [0.2, 0.25) is 5.91 Å². The Morgan fingerprint density at radius 3 is 2.65 bits per heavy atom. The van der Waals surface area contributed by atoms with Crippen molar-refractivity contribution in [3.05, 3.63) is 65.2 Å². The number of anilines is 1. The fourth-order valence-electron chi connectivity index (χ4n) is 3.19. The zero-order valence-corrected chi connectivity index (χ0v) is 13.8. The van der Waals surface area contributed by atoms with E-state index in [4.69, 9.17) is 0 Å². The van der Waals surface area contributed by atoms with Crippen LogP contribution in [0, 0.1) is 6.92 Å². The highest BCUT2D eigenvalue weighted by atomic mass is 16.2. The van der Waals surface area contributed by atoms with Gasteiger partial charge in [-0.05, 0) is 56.4 Å². The zero-order chi connectivity index (χ0) is 16.2. The van der Waals surface area contributed by atoms with E-state index in [1.54, 1.807) is 0 Å². The molecule has 0 unspecified atom stereocenters. The lowest BCUT2D eigenvalue weighted by molar-refractivity contribution is -0.118. The van der Waals surface area contributed by atoms with Gasteiger partial charge in [-0.3, -0.25) is 10.1 Å². The summed E-state index contributed by atoms with van der Waals surface area (Å²) < 4.78 is 0. The summed E-state index contributed by atoms with van der Waals surface area (Å²) in [6.07, 6.45) is 3.39. The summed E-state index contributed by atoms with van der Waals surface area (Å²) in [5.74, 6) is 0.0110. The minimum Gasteiger partial charge on any atom is -0.325 e. The number of hydrogen-bond donors (Lipinski definition) is 2. The van der Waals surface area contributed by atoms with Gasteiger partial charge in [-0.1, -0.05) is 42.0 Å². The monoisotopic (exact) mass is 308 g/mol. The third-order valence-electron chi connectivity index (χ3n) is 4.53. The van der Waals surface area contributed by atoms with Gasteiger partial charge in [0.1, 0.15) is 0 Å². The first-order chi connectivity index (χ1) is 11.1. The quantitative estimate of drug-likeness (QED) is 0.896. The Morgan fingerprint density at radius 1 is 1.13 bits per heavy atom. The number of amides is 1. The molecule has 3 rings (SSSR count). The molecule has 3 nitrogen and oxygen atoms in total. The Morgan fingerprint density at radius 2 is 1.87 bits per heavy atom. The van der Waals surface area contributed by atoms with Crippen LogP contribution in [0.3, 0.4) is 0 Å². The van der Waals surface area contributed by atoms with E-state index in [0.29, 0.717) is 0 Å². The van der Waals surface area contributed by atoms with Crippen LogP contribution in [0.4, 0.5) is 5.69 Å². The Hall–Kier alpha value is -2.13. The second-order valence-corrected chi connectivity index (χ2v) is 6.39. The molecular formula is C20H24N2O. The maximum absolute atomic E-state index is 12.4. The van der Waals surface area contributed by atoms with Crippen LogP contribution >= 0.6 is 0 Å². The number of hydrogen-bond acceptors (Lipinski definition) is 2. The third-order valence-corrected chi connectivity index (χ3v) is 4.53. The summed E-state index contributed by atoms with van der Waals surface area (Å²) in [5.41, 5.74) is 4.78. The lowest BCUT2D eigenvalue weighted by Gasteiger charge is -2.28. The molecule has 120 valence electrons. The van der Waals surface area contributed by atoms with Crippen molar-refractivity contribution in [2.75, 3.05) is 5.32 Å². The Labute approximate surface area is 138 Å². The Balaban J connectivity index is 1.64. The van der Waals surface area contributed by atoms with E-state index in [0.717, 1.165) is 18.5 Å². The number of benzene rings is 2. The van der Waals surface area contributed by atoms with Crippen molar-refractivity contribution in [3.8, 4) is 0 Å². The molecule has 2 aromatic carbocycles. The Bertz CT molecular complexity index is 678. The van der Waals surface area contributed by atoms with Crippen molar-refractivity contribution in [1.29, 1.82) is 0 Å². The predicted molar refractivity (Wildman–Crippen MR) is 94.5 cm³/mol. The third kappa shape index (κ3) is 3.80. The van der Waals surface area contributed by atoms with E-state index in [1.165, 1.54) is 23.1 Å². The van der Waals surface area contributed by atoms with Crippen LogP contribution in [-0.4, -0.2) is 11.9 Å². The fraction of sp³-hybridized carbons (Fsp3) is 0.350.